The SMILES string of the molecule is CNCCC(=O)Nc1c(C)nn(C)c1Oc1cccnc1. The molecule has 0 saturated heterocycles. The Morgan fingerprint density at radius 2 is 2.29 bits per heavy atom. The van der Waals surface area contributed by atoms with Crippen LogP contribution in [0.15, 0.2) is 24.5 Å². The lowest BCUT2D eigenvalue weighted by molar-refractivity contribution is -0.116. The Kier molecular flexibility index (Phi) is 4.89. The molecule has 0 spiro atoms. The number of aromatic nitrogens is 3. The van der Waals surface area contributed by atoms with Crippen LogP contribution in [0.5, 0.6) is 11.6 Å². The predicted molar refractivity (Wildman–Crippen MR) is 79.4 cm³/mol. The largest absolute Gasteiger partial charge is 0.436 e. The Hall–Kier alpha value is -2.41. The number of hydrogen-bond donors (Lipinski definition) is 2. The number of ether oxygens (including phenoxy) is 1. The van der Waals surface area contributed by atoms with E-state index in [-0.39, 0.29) is 5.91 Å². The Bertz CT molecular complexity index is 609. The van der Waals surface area contributed by atoms with Crippen LogP contribution >= 0.6 is 0 Å². The van der Waals surface area contributed by atoms with Gasteiger partial charge in [-0.15, -0.1) is 0 Å². The van der Waals surface area contributed by atoms with Crippen LogP contribution in [0.1, 0.15) is 12.1 Å². The molecule has 1 amide bonds. The molecule has 0 unspecified atom stereocenters. The average molecular weight is 289 g/mol. The van der Waals surface area contributed by atoms with Crippen molar-refractivity contribution in [2.24, 2.45) is 7.05 Å². The molecule has 7 heteroatoms. The van der Waals surface area contributed by atoms with Gasteiger partial charge in [-0.25, -0.2) is 4.68 Å². The number of carbonyl (C=O) groups is 1. The predicted octanol–water partition coefficient (Wildman–Crippen LogP) is 1.46. The van der Waals surface area contributed by atoms with Gasteiger partial charge in [0.15, 0.2) is 0 Å². The molecule has 0 bridgehead atoms. The van der Waals surface area contributed by atoms with Crippen LogP contribution in [0.4, 0.5) is 5.69 Å². The van der Waals surface area contributed by atoms with Crippen molar-refractivity contribution in [1.29, 1.82) is 0 Å². The van der Waals surface area contributed by atoms with Crippen molar-refractivity contribution in [3.8, 4) is 11.6 Å². The van der Waals surface area contributed by atoms with Gasteiger partial charge in [0.2, 0.25) is 11.8 Å². The maximum absolute atomic E-state index is 11.9. The summed E-state index contributed by atoms with van der Waals surface area (Å²) in [6, 6.07) is 3.58. The first-order chi connectivity index (χ1) is 10.1. The van der Waals surface area contributed by atoms with Crippen molar-refractivity contribution in [3.63, 3.8) is 0 Å². The average Bonchev–Trinajstić information content (AvgIpc) is 2.73. The van der Waals surface area contributed by atoms with Gasteiger partial charge in [0.1, 0.15) is 11.4 Å². The molecule has 0 atom stereocenters. The minimum atomic E-state index is -0.0866. The van der Waals surface area contributed by atoms with Crippen molar-refractivity contribution < 1.29 is 9.53 Å². The zero-order valence-corrected chi connectivity index (χ0v) is 12.4. The van der Waals surface area contributed by atoms with Crippen LogP contribution in [0.3, 0.4) is 0 Å². The van der Waals surface area contributed by atoms with Crippen molar-refractivity contribution >= 4 is 11.6 Å². The third-order valence-corrected chi connectivity index (χ3v) is 2.88. The van der Waals surface area contributed by atoms with Gasteiger partial charge >= 0.3 is 0 Å². The Morgan fingerprint density at radius 1 is 1.48 bits per heavy atom. The molecule has 2 aromatic rings. The van der Waals surface area contributed by atoms with Gasteiger partial charge in [0, 0.05) is 26.2 Å². The zero-order valence-electron chi connectivity index (χ0n) is 12.4. The second kappa shape index (κ2) is 6.85. The van der Waals surface area contributed by atoms with E-state index in [1.165, 1.54) is 0 Å². The smallest absolute Gasteiger partial charge is 0.241 e. The first-order valence-corrected chi connectivity index (χ1v) is 6.67. The van der Waals surface area contributed by atoms with Gasteiger partial charge in [-0.2, -0.15) is 5.10 Å². The van der Waals surface area contributed by atoms with E-state index in [0.717, 1.165) is 0 Å². The Labute approximate surface area is 123 Å². The van der Waals surface area contributed by atoms with Crippen LogP contribution in [0.25, 0.3) is 0 Å². The molecule has 0 aliphatic rings. The van der Waals surface area contributed by atoms with Gasteiger partial charge < -0.3 is 15.4 Å². The fourth-order valence-corrected chi connectivity index (χ4v) is 1.86. The van der Waals surface area contributed by atoms with E-state index in [9.17, 15) is 4.79 Å². The maximum atomic E-state index is 11.9. The normalized spacial score (nSPS) is 10.4. The highest BCUT2D eigenvalue weighted by Crippen LogP contribution is 2.31. The standard InChI is InChI=1S/C14H19N5O2/c1-10-13(17-12(20)6-8-15-2)14(19(3)18-10)21-11-5-4-7-16-9-11/h4-5,7,9,15H,6,8H2,1-3H3,(H,17,20). The van der Waals surface area contributed by atoms with Crippen molar-refractivity contribution in [2.45, 2.75) is 13.3 Å². The van der Waals surface area contributed by atoms with Crippen LogP contribution in [-0.2, 0) is 11.8 Å². The molecule has 7 nitrogen and oxygen atoms in total. The monoisotopic (exact) mass is 289 g/mol. The third kappa shape index (κ3) is 3.79. The molecule has 0 saturated carbocycles. The van der Waals surface area contributed by atoms with E-state index >= 15 is 0 Å². The fraction of sp³-hybridized carbons (Fsp3) is 0.357. The lowest BCUT2D eigenvalue weighted by Gasteiger charge is -2.09. The Morgan fingerprint density at radius 3 is 2.95 bits per heavy atom. The van der Waals surface area contributed by atoms with Crippen molar-refractivity contribution in [1.82, 2.24) is 20.1 Å². The number of carbonyl (C=O) groups excluding carboxylic acids is 1. The van der Waals surface area contributed by atoms with Crippen LogP contribution in [0, 0.1) is 6.92 Å². The molecule has 2 N–H and O–H groups in total. The second-order valence-electron chi connectivity index (χ2n) is 4.58. The number of amides is 1. The van der Waals surface area contributed by atoms with Gasteiger partial charge in [-0.3, -0.25) is 9.78 Å². The molecule has 0 aromatic carbocycles. The number of hydrogen-bond acceptors (Lipinski definition) is 5. The van der Waals surface area contributed by atoms with Gasteiger partial charge in [-0.05, 0) is 26.1 Å². The molecular weight excluding hydrogens is 270 g/mol. The molecule has 0 aliphatic carbocycles. The first-order valence-electron chi connectivity index (χ1n) is 6.67. The summed E-state index contributed by atoms with van der Waals surface area (Å²) < 4.78 is 7.37. The third-order valence-electron chi connectivity index (χ3n) is 2.88. The molecule has 112 valence electrons. The number of aryl methyl sites for hydroxylation is 2. The maximum Gasteiger partial charge on any atom is 0.241 e. The van der Waals surface area contributed by atoms with Gasteiger partial charge in [-0.1, -0.05) is 0 Å². The van der Waals surface area contributed by atoms with E-state index in [2.05, 4.69) is 20.7 Å². The van der Waals surface area contributed by atoms with Crippen LogP contribution < -0.4 is 15.4 Å². The van der Waals surface area contributed by atoms with Crippen LogP contribution in [-0.4, -0.2) is 34.3 Å². The second-order valence-corrected chi connectivity index (χ2v) is 4.58. The first kappa shape index (κ1) is 15.0. The summed E-state index contributed by atoms with van der Waals surface area (Å²) in [5, 5.41) is 10.1. The fourth-order valence-electron chi connectivity index (χ4n) is 1.86. The van der Waals surface area contributed by atoms with E-state index < -0.39 is 0 Å². The summed E-state index contributed by atoms with van der Waals surface area (Å²) in [5.41, 5.74) is 1.29. The minimum absolute atomic E-state index is 0.0866. The van der Waals surface area contributed by atoms with Gasteiger partial charge in [0.25, 0.3) is 0 Å². The molecule has 21 heavy (non-hydrogen) atoms. The zero-order chi connectivity index (χ0) is 15.2. The lowest BCUT2D eigenvalue weighted by Crippen LogP contribution is -2.19. The molecular formula is C14H19N5O2. The van der Waals surface area contributed by atoms with Crippen molar-refractivity contribution in [2.75, 3.05) is 18.9 Å². The highest BCUT2D eigenvalue weighted by Gasteiger charge is 2.17. The number of pyridine rings is 1. The lowest BCUT2D eigenvalue weighted by atomic mass is 10.3. The summed E-state index contributed by atoms with van der Waals surface area (Å²) in [7, 11) is 3.57. The summed E-state index contributed by atoms with van der Waals surface area (Å²) >= 11 is 0. The summed E-state index contributed by atoms with van der Waals surface area (Å²) in [5.74, 6) is 0.987. The highest BCUT2D eigenvalue weighted by atomic mass is 16.5. The number of rotatable bonds is 6. The van der Waals surface area contributed by atoms with E-state index in [1.807, 2.05) is 6.92 Å². The number of nitrogens with one attached hydrogen (secondary N) is 2. The number of anilines is 1. The Balaban J connectivity index is 2.19. The molecule has 2 heterocycles. The topological polar surface area (TPSA) is 81.1 Å². The van der Waals surface area contributed by atoms with E-state index in [0.29, 0.717) is 36.0 Å². The van der Waals surface area contributed by atoms with Crippen molar-refractivity contribution in [3.05, 3.63) is 30.2 Å². The van der Waals surface area contributed by atoms with E-state index in [4.69, 9.17) is 4.74 Å². The molecule has 2 aromatic heterocycles. The molecule has 0 aliphatic heterocycles. The minimum Gasteiger partial charge on any atom is -0.436 e. The summed E-state index contributed by atoms with van der Waals surface area (Å²) in [6.07, 6.45) is 3.66. The molecule has 0 radical (unpaired) electrons. The van der Waals surface area contributed by atoms with Crippen LogP contribution in [0.2, 0.25) is 0 Å². The molecule has 2 rings (SSSR count). The quantitative estimate of drug-likeness (QED) is 0.841. The van der Waals surface area contributed by atoms with E-state index in [1.54, 1.807) is 43.3 Å². The molecule has 0 fully saturated rings. The highest BCUT2D eigenvalue weighted by molar-refractivity contribution is 5.92. The number of nitrogens with zero attached hydrogens (tertiary/aromatic N) is 3. The summed E-state index contributed by atoms with van der Waals surface area (Å²) in [6.45, 7) is 2.44. The summed E-state index contributed by atoms with van der Waals surface area (Å²) in [4.78, 5) is 15.9. The van der Waals surface area contributed by atoms with Gasteiger partial charge in [0.05, 0.1) is 11.9 Å².